The second kappa shape index (κ2) is 10.8. The number of carbonyl (C=O) groups is 2. The van der Waals surface area contributed by atoms with Gasteiger partial charge in [-0.3, -0.25) is 9.59 Å². The van der Waals surface area contributed by atoms with E-state index in [2.05, 4.69) is 5.32 Å². The fraction of sp³-hybridized carbons (Fsp3) is 0.333. The molecule has 32 heavy (non-hydrogen) atoms. The van der Waals surface area contributed by atoms with Crippen molar-refractivity contribution in [2.75, 3.05) is 32.0 Å². The van der Waals surface area contributed by atoms with Crippen molar-refractivity contribution in [3.05, 3.63) is 64.9 Å². The lowest BCUT2D eigenvalue weighted by molar-refractivity contribution is -0.139. The molecule has 0 aromatic heterocycles. The molecule has 0 fully saturated rings. The highest BCUT2D eigenvalue weighted by atomic mass is 35.5. The van der Waals surface area contributed by atoms with E-state index in [0.717, 1.165) is 20.7 Å². The van der Waals surface area contributed by atoms with Crippen molar-refractivity contribution in [3.8, 4) is 0 Å². The van der Waals surface area contributed by atoms with Gasteiger partial charge < -0.3 is 10.2 Å². The Hall–Kier alpha value is -2.69. The minimum absolute atomic E-state index is 0.0594. The van der Waals surface area contributed by atoms with Crippen molar-refractivity contribution < 1.29 is 22.4 Å². The van der Waals surface area contributed by atoms with E-state index in [-0.39, 0.29) is 12.2 Å². The number of nitrogens with zero attached hydrogens (tertiary/aromatic N) is 3. The van der Waals surface area contributed by atoms with Gasteiger partial charge in [0.05, 0.1) is 5.69 Å². The van der Waals surface area contributed by atoms with Gasteiger partial charge in [-0.05, 0) is 48.9 Å². The Labute approximate surface area is 192 Å². The molecule has 2 rings (SSSR count). The quantitative estimate of drug-likeness (QED) is 0.591. The summed E-state index contributed by atoms with van der Waals surface area (Å²) in [6.45, 7) is 1.03. The first-order chi connectivity index (χ1) is 15.0. The standard InChI is InChI=1S/C21H26ClFN4O4S/c1-15(21(29)24-2)26(13-16-5-7-17(22)8-6-16)20(28)14-27(32(30,31)25(3)4)19-11-9-18(23)10-12-19/h5-12,15H,13-14H2,1-4H3,(H,24,29)/t15-/m0/s1. The molecule has 11 heteroatoms. The summed E-state index contributed by atoms with van der Waals surface area (Å²) >= 11 is 5.92. The first-order valence-electron chi connectivity index (χ1n) is 9.68. The van der Waals surface area contributed by atoms with Crippen LogP contribution in [0.2, 0.25) is 5.02 Å². The average molecular weight is 485 g/mol. The van der Waals surface area contributed by atoms with Gasteiger partial charge in [0, 0.05) is 32.7 Å². The number of amides is 2. The lowest BCUT2D eigenvalue weighted by Crippen LogP contribution is -2.52. The van der Waals surface area contributed by atoms with Crippen LogP contribution >= 0.6 is 11.6 Å². The van der Waals surface area contributed by atoms with Crippen LogP contribution in [0.25, 0.3) is 0 Å². The third kappa shape index (κ3) is 6.18. The van der Waals surface area contributed by atoms with Gasteiger partial charge in [-0.1, -0.05) is 23.7 Å². The van der Waals surface area contributed by atoms with E-state index in [9.17, 15) is 22.4 Å². The first kappa shape index (κ1) is 25.6. The molecule has 0 bridgehead atoms. The average Bonchev–Trinajstić information content (AvgIpc) is 2.76. The van der Waals surface area contributed by atoms with Crippen molar-refractivity contribution in [2.45, 2.75) is 19.5 Å². The lowest BCUT2D eigenvalue weighted by atomic mass is 10.1. The summed E-state index contributed by atoms with van der Waals surface area (Å²) in [6.07, 6.45) is 0. The normalized spacial score (nSPS) is 12.3. The molecular weight excluding hydrogens is 459 g/mol. The van der Waals surface area contributed by atoms with Crippen molar-refractivity contribution in [1.29, 1.82) is 0 Å². The number of hydrogen-bond acceptors (Lipinski definition) is 4. The molecule has 0 saturated carbocycles. The van der Waals surface area contributed by atoms with Gasteiger partial charge in [-0.15, -0.1) is 0 Å². The molecule has 0 radical (unpaired) electrons. The maximum atomic E-state index is 13.4. The van der Waals surface area contributed by atoms with Gasteiger partial charge in [0.15, 0.2) is 0 Å². The molecule has 1 N–H and O–H groups in total. The zero-order chi connectivity index (χ0) is 24.1. The van der Waals surface area contributed by atoms with E-state index >= 15 is 0 Å². The van der Waals surface area contributed by atoms with Gasteiger partial charge in [-0.25, -0.2) is 8.70 Å². The molecule has 0 saturated heterocycles. The molecule has 0 aliphatic rings. The summed E-state index contributed by atoms with van der Waals surface area (Å²) in [7, 11) is 0.0214. The number of nitrogens with one attached hydrogen (secondary N) is 1. The van der Waals surface area contributed by atoms with E-state index in [0.29, 0.717) is 10.6 Å². The largest absolute Gasteiger partial charge is 0.357 e. The van der Waals surface area contributed by atoms with Crippen molar-refractivity contribution in [2.24, 2.45) is 0 Å². The molecular formula is C21H26ClFN4O4S. The van der Waals surface area contributed by atoms with Crippen LogP contribution in [0, 0.1) is 5.82 Å². The predicted molar refractivity (Wildman–Crippen MR) is 122 cm³/mol. The van der Waals surface area contributed by atoms with Crippen LogP contribution in [-0.4, -0.2) is 63.2 Å². The lowest BCUT2D eigenvalue weighted by Gasteiger charge is -2.32. The molecule has 0 spiro atoms. The SMILES string of the molecule is CNC(=O)[C@H](C)N(Cc1ccc(Cl)cc1)C(=O)CN(c1ccc(F)cc1)S(=O)(=O)N(C)C. The minimum atomic E-state index is -4.08. The predicted octanol–water partition coefficient (Wildman–Crippen LogP) is 2.26. The van der Waals surface area contributed by atoms with Crippen LogP contribution in [0.3, 0.4) is 0 Å². The van der Waals surface area contributed by atoms with Crippen molar-refractivity contribution in [3.63, 3.8) is 0 Å². The number of benzene rings is 2. The summed E-state index contributed by atoms with van der Waals surface area (Å²) in [5, 5.41) is 3.02. The summed E-state index contributed by atoms with van der Waals surface area (Å²) in [5.41, 5.74) is 0.829. The second-order valence-electron chi connectivity index (χ2n) is 7.21. The Morgan fingerprint density at radius 1 is 1.06 bits per heavy atom. The highest BCUT2D eigenvalue weighted by Gasteiger charge is 2.32. The van der Waals surface area contributed by atoms with Gasteiger partial charge in [0.1, 0.15) is 18.4 Å². The zero-order valence-electron chi connectivity index (χ0n) is 18.2. The number of halogens is 2. The molecule has 2 aromatic rings. The van der Waals surface area contributed by atoms with Crippen LogP contribution in [0.15, 0.2) is 48.5 Å². The zero-order valence-corrected chi connectivity index (χ0v) is 19.8. The van der Waals surface area contributed by atoms with Gasteiger partial charge >= 0.3 is 10.2 Å². The molecule has 0 heterocycles. The van der Waals surface area contributed by atoms with E-state index < -0.39 is 40.4 Å². The summed E-state index contributed by atoms with van der Waals surface area (Å²) in [4.78, 5) is 26.9. The highest BCUT2D eigenvalue weighted by molar-refractivity contribution is 7.90. The smallest absolute Gasteiger partial charge is 0.304 e. The first-order valence-corrected chi connectivity index (χ1v) is 11.5. The maximum absolute atomic E-state index is 13.4. The van der Waals surface area contributed by atoms with E-state index in [1.54, 1.807) is 31.2 Å². The molecule has 2 amide bonds. The number of hydrogen-bond donors (Lipinski definition) is 1. The Kier molecular flexibility index (Phi) is 8.59. The summed E-state index contributed by atoms with van der Waals surface area (Å²) < 4.78 is 41.1. The third-order valence-corrected chi connectivity index (χ3v) is 6.89. The fourth-order valence-electron chi connectivity index (χ4n) is 2.90. The molecule has 0 unspecified atom stereocenters. The number of carbonyl (C=O) groups excluding carboxylic acids is 2. The fourth-order valence-corrected chi connectivity index (χ4v) is 4.08. The van der Waals surface area contributed by atoms with Gasteiger partial charge in [0.25, 0.3) is 0 Å². The third-order valence-electron chi connectivity index (χ3n) is 4.81. The van der Waals surface area contributed by atoms with E-state index in [1.807, 2.05) is 0 Å². The molecule has 0 aliphatic heterocycles. The number of anilines is 1. The van der Waals surface area contributed by atoms with Crippen LogP contribution < -0.4 is 9.62 Å². The van der Waals surface area contributed by atoms with Crippen LogP contribution in [-0.2, 0) is 26.3 Å². The molecule has 1 atom stereocenters. The summed E-state index contributed by atoms with van der Waals surface area (Å²) in [6, 6.07) is 10.6. The van der Waals surface area contributed by atoms with Crippen LogP contribution in [0.5, 0.6) is 0 Å². The molecule has 8 nitrogen and oxygen atoms in total. The topological polar surface area (TPSA) is 90.0 Å². The Balaban J connectivity index is 2.42. The number of likely N-dealkylation sites (N-methyl/N-ethyl adjacent to an activating group) is 1. The summed E-state index contributed by atoms with van der Waals surface area (Å²) in [5.74, 6) is -1.55. The van der Waals surface area contributed by atoms with Crippen LogP contribution in [0.1, 0.15) is 12.5 Å². The second-order valence-corrected chi connectivity index (χ2v) is 9.71. The minimum Gasteiger partial charge on any atom is -0.357 e. The van der Waals surface area contributed by atoms with E-state index in [1.165, 1.54) is 38.2 Å². The van der Waals surface area contributed by atoms with Crippen molar-refractivity contribution >= 4 is 39.3 Å². The number of rotatable bonds is 9. The van der Waals surface area contributed by atoms with Crippen LogP contribution in [0.4, 0.5) is 10.1 Å². The molecule has 2 aromatic carbocycles. The Morgan fingerprint density at radius 3 is 2.12 bits per heavy atom. The molecule has 174 valence electrons. The highest BCUT2D eigenvalue weighted by Crippen LogP contribution is 2.21. The van der Waals surface area contributed by atoms with Crippen molar-refractivity contribution in [1.82, 2.24) is 14.5 Å². The van der Waals surface area contributed by atoms with Gasteiger partial charge in [0.2, 0.25) is 11.8 Å². The Morgan fingerprint density at radius 2 is 1.62 bits per heavy atom. The van der Waals surface area contributed by atoms with E-state index in [4.69, 9.17) is 11.6 Å². The molecule has 0 aliphatic carbocycles. The van der Waals surface area contributed by atoms with Gasteiger partial charge in [-0.2, -0.15) is 12.7 Å². The monoisotopic (exact) mass is 484 g/mol. The Bertz CT molecular complexity index is 1050. The maximum Gasteiger partial charge on any atom is 0.304 e.